The molecule has 198 valence electrons. The van der Waals surface area contributed by atoms with E-state index < -0.39 is 23.8 Å². The smallest absolute Gasteiger partial charge is 0.411 e. The van der Waals surface area contributed by atoms with Gasteiger partial charge >= 0.3 is 6.09 Å². The van der Waals surface area contributed by atoms with Gasteiger partial charge in [-0.25, -0.2) is 9.78 Å². The van der Waals surface area contributed by atoms with Crippen LogP contribution in [-0.2, 0) is 33.8 Å². The summed E-state index contributed by atoms with van der Waals surface area (Å²) in [6, 6.07) is 14.1. The highest BCUT2D eigenvalue weighted by Gasteiger charge is 2.45. The van der Waals surface area contributed by atoms with Crippen molar-refractivity contribution in [3.05, 3.63) is 71.4 Å². The monoisotopic (exact) mass is 515 g/mol. The quantitative estimate of drug-likeness (QED) is 0.550. The summed E-state index contributed by atoms with van der Waals surface area (Å²) in [5.41, 5.74) is 8.19. The van der Waals surface area contributed by atoms with Crippen molar-refractivity contribution in [3.63, 3.8) is 0 Å². The lowest BCUT2D eigenvalue weighted by Gasteiger charge is -2.45. The average Bonchev–Trinajstić information content (AvgIpc) is 2.85. The fraction of sp³-hybridized carbons (Fsp3) is 0.379. The molecule has 0 spiro atoms. The summed E-state index contributed by atoms with van der Waals surface area (Å²) in [5, 5.41) is 4.78. The maximum atomic E-state index is 13.7. The summed E-state index contributed by atoms with van der Waals surface area (Å²) >= 11 is 0. The average molecular weight is 516 g/mol. The summed E-state index contributed by atoms with van der Waals surface area (Å²) in [4.78, 5) is 47.1. The van der Waals surface area contributed by atoms with Gasteiger partial charge in [0.1, 0.15) is 23.5 Å². The number of amides is 3. The van der Waals surface area contributed by atoms with E-state index >= 15 is 0 Å². The number of pyridine rings is 1. The van der Waals surface area contributed by atoms with E-state index in [-0.39, 0.29) is 18.4 Å². The summed E-state index contributed by atoms with van der Waals surface area (Å²) in [7, 11) is 0. The Morgan fingerprint density at radius 1 is 1.05 bits per heavy atom. The Labute approximate surface area is 221 Å². The summed E-state index contributed by atoms with van der Waals surface area (Å²) in [5.74, 6) is 0.0249. The number of nitrogens with zero attached hydrogens (tertiary/aromatic N) is 3. The van der Waals surface area contributed by atoms with Gasteiger partial charge in [0.2, 0.25) is 11.8 Å². The van der Waals surface area contributed by atoms with Gasteiger partial charge < -0.3 is 20.7 Å². The Balaban J connectivity index is 1.28. The van der Waals surface area contributed by atoms with Gasteiger partial charge in [-0.15, -0.1) is 0 Å². The Bertz CT molecular complexity index is 1400. The molecule has 3 N–H and O–H groups in total. The van der Waals surface area contributed by atoms with Crippen LogP contribution in [0.5, 0.6) is 0 Å². The minimum Gasteiger partial charge on any atom is -0.444 e. The predicted octanol–water partition coefficient (Wildman–Crippen LogP) is 3.40. The molecule has 0 aliphatic carbocycles. The van der Waals surface area contributed by atoms with E-state index in [1.54, 1.807) is 31.9 Å². The van der Waals surface area contributed by atoms with E-state index in [1.165, 1.54) is 4.90 Å². The number of anilines is 1. The van der Waals surface area contributed by atoms with Crippen LogP contribution in [0.1, 0.15) is 43.9 Å². The zero-order valence-corrected chi connectivity index (χ0v) is 21.9. The molecule has 1 aromatic heterocycles. The molecule has 1 saturated heterocycles. The molecule has 9 heteroatoms. The fourth-order valence-corrected chi connectivity index (χ4v) is 5.04. The molecule has 3 aromatic rings. The van der Waals surface area contributed by atoms with Crippen molar-refractivity contribution in [3.8, 4) is 0 Å². The highest BCUT2D eigenvalue weighted by molar-refractivity contribution is 5.94. The standard InChI is InChI=1S/C29H33N5O4/c1-29(2,3)38-28(37)34-17-21-7-5-4-6-19(21)15-24(34)27(36)33-13-11-23(33)26(35)32-16-18-8-9-22-20(14-18)10-12-31-25(22)30/h4-10,12,14,23-24H,11,13,15-17H2,1-3H3,(H2,30,31)(H,32,35)/t23-,24+/m0/s1. The van der Waals surface area contributed by atoms with Gasteiger partial charge in [0.25, 0.3) is 0 Å². The summed E-state index contributed by atoms with van der Waals surface area (Å²) in [6.07, 6.45) is 2.09. The lowest BCUT2D eigenvalue weighted by Crippen LogP contribution is -2.63. The number of hydrogen-bond acceptors (Lipinski definition) is 6. The Hall–Kier alpha value is -4.14. The molecule has 2 atom stereocenters. The second-order valence-corrected chi connectivity index (χ2v) is 10.9. The molecule has 38 heavy (non-hydrogen) atoms. The molecule has 0 radical (unpaired) electrons. The number of fused-ring (bicyclic) bond motifs is 2. The second kappa shape index (κ2) is 9.96. The number of nitrogens with one attached hydrogen (secondary N) is 1. The summed E-state index contributed by atoms with van der Waals surface area (Å²) < 4.78 is 5.63. The molecule has 1 fully saturated rings. The van der Waals surface area contributed by atoms with E-state index in [0.29, 0.717) is 31.7 Å². The molecule has 0 bridgehead atoms. The van der Waals surface area contributed by atoms with Crippen LogP contribution in [0.3, 0.4) is 0 Å². The first-order valence-corrected chi connectivity index (χ1v) is 12.9. The number of carbonyl (C=O) groups excluding carboxylic acids is 3. The third-order valence-corrected chi connectivity index (χ3v) is 7.09. The van der Waals surface area contributed by atoms with Crippen LogP contribution in [0.15, 0.2) is 54.7 Å². The maximum Gasteiger partial charge on any atom is 0.411 e. The minimum atomic E-state index is -0.727. The molecular formula is C29H33N5O4. The highest BCUT2D eigenvalue weighted by Crippen LogP contribution is 2.29. The lowest BCUT2D eigenvalue weighted by atomic mass is 9.91. The van der Waals surface area contributed by atoms with Crippen LogP contribution in [0.2, 0.25) is 0 Å². The topological polar surface area (TPSA) is 118 Å². The van der Waals surface area contributed by atoms with Crippen molar-refractivity contribution >= 4 is 34.5 Å². The molecular weight excluding hydrogens is 482 g/mol. The third kappa shape index (κ3) is 5.14. The van der Waals surface area contributed by atoms with Gasteiger partial charge in [-0.2, -0.15) is 0 Å². The Morgan fingerprint density at radius 2 is 1.82 bits per heavy atom. The first-order valence-electron chi connectivity index (χ1n) is 12.9. The Kier molecular flexibility index (Phi) is 6.69. The first kappa shape index (κ1) is 25.5. The van der Waals surface area contributed by atoms with Crippen molar-refractivity contribution in [2.75, 3.05) is 12.3 Å². The number of ether oxygens (including phenoxy) is 1. The number of likely N-dealkylation sites (tertiary alicyclic amines) is 1. The van der Waals surface area contributed by atoms with Crippen LogP contribution in [0.4, 0.5) is 10.6 Å². The van der Waals surface area contributed by atoms with Crippen LogP contribution in [0, 0.1) is 0 Å². The van der Waals surface area contributed by atoms with Crippen molar-refractivity contribution < 1.29 is 19.1 Å². The molecule has 0 unspecified atom stereocenters. The zero-order chi connectivity index (χ0) is 27.0. The van der Waals surface area contributed by atoms with Crippen LogP contribution < -0.4 is 11.1 Å². The molecule has 2 aromatic carbocycles. The molecule has 3 heterocycles. The van der Waals surface area contributed by atoms with E-state index in [0.717, 1.165) is 27.5 Å². The molecule has 3 amide bonds. The number of nitrogen functional groups attached to an aromatic ring is 1. The molecule has 9 nitrogen and oxygen atoms in total. The van der Waals surface area contributed by atoms with Crippen molar-refractivity contribution in [2.45, 2.75) is 64.4 Å². The maximum absolute atomic E-state index is 13.7. The summed E-state index contributed by atoms with van der Waals surface area (Å²) in [6.45, 7) is 6.49. The first-order chi connectivity index (χ1) is 18.1. The Morgan fingerprint density at radius 3 is 2.53 bits per heavy atom. The van der Waals surface area contributed by atoms with Gasteiger partial charge in [0, 0.05) is 31.1 Å². The highest BCUT2D eigenvalue weighted by atomic mass is 16.6. The van der Waals surface area contributed by atoms with E-state index in [4.69, 9.17) is 10.5 Å². The third-order valence-electron chi connectivity index (χ3n) is 7.09. The zero-order valence-electron chi connectivity index (χ0n) is 21.9. The molecule has 2 aliphatic rings. The van der Waals surface area contributed by atoms with Gasteiger partial charge in [-0.3, -0.25) is 14.5 Å². The number of carbonyl (C=O) groups is 3. The molecule has 0 saturated carbocycles. The van der Waals surface area contributed by atoms with Gasteiger partial charge in [-0.1, -0.05) is 36.4 Å². The van der Waals surface area contributed by atoms with Crippen LogP contribution >= 0.6 is 0 Å². The van der Waals surface area contributed by atoms with E-state index in [9.17, 15) is 14.4 Å². The van der Waals surface area contributed by atoms with Gasteiger partial charge in [-0.05, 0) is 61.4 Å². The van der Waals surface area contributed by atoms with E-state index in [2.05, 4.69) is 10.3 Å². The van der Waals surface area contributed by atoms with Crippen molar-refractivity contribution in [1.82, 2.24) is 20.1 Å². The number of aromatic nitrogens is 1. The molecule has 5 rings (SSSR count). The van der Waals surface area contributed by atoms with Crippen molar-refractivity contribution in [1.29, 1.82) is 0 Å². The van der Waals surface area contributed by atoms with Gasteiger partial charge in [0.15, 0.2) is 0 Å². The van der Waals surface area contributed by atoms with Crippen molar-refractivity contribution in [2.24, 2.45) is 0 Å². The van der Waals surface area contributed by atoms with E-state index in [1.807, 2.05) is 48.5 Å². The molecule has 2 aliphatic heterocycles. The van der Waals surface area contributed by atoms with Crippen LogP contribution in [0.25, 0.3) is 10.8 Å². The van der Waals surface area contributed by atoms with Crippen LogP contribution in [-0.4, -0.2) is 56.9 Å². The predicted molar refractivity (Wildman–Crippen MR) is 144 cm³/mol. The number of rotatable bonds is 4. The number of hydrogen-bond donors (Lipinski definition) is 2. The minimum absolute atomic E-state index is 0.209. The largest absolute Gasteiger partial charge is 0.444 e. The fourth-order valence-electron chi connectivity index (χ4n) is 5.04. The number of nitrogens with two attached hydrogens (primary N) is 1. The number of benzene rings is 2. The SMILES string of the molecule is CC(C)(C)OC(=O)N1Cc2ccccc2C[C@@H]1C(=O)N1CC[C@H]1C(=O)NCc1ccc2c(N)nccc2c1. The normalized spacial score (nSPS) is 18.9. The lowest BCUT2D eigenvalue weighted by molar-refractivity contribution is -0.152. The second-order valence-electron chi connectivity index (χ2n) is 10.9. The van der Waals surface area contributed by atoms with Gasteiger partial charge in [0.05, 0.1) is 6.54 Å².